The Hall–Kier alpha value is -4.41. The topological polar surface area (TPSA) is 112 Å². The molecule has 43 heavy (non-hydrogen) atoms. The lowest BCUT2D eigenvalue weighted by molar-refractivity contribution is 0.0694. The summed E-state index contributed by atoms with van der Waals surface area (Å²) in [7, 11) is 0. The molecule has 0 unspecified atom stereocenters. The lowest BCUT2D eigenvalue weighted by Crippen LogP contribution is -2.47. The third-order valence-corrected chi connectivity index (χ3v) is 8.67. The maximum absolute atomic E-state index is 15.7. The molecule has 4 aromatic rings. The van der Waals surface area contributed by atoms with E-state index in [-0.39, 0.29) is 21.6 Å². The number of halogens is 2. The lowest BCUT2D eigenvalue weighted by Gasteiger charge is -2.38. The molecular weight excluding hydrogens is 573 g/mol. The van der Waals surface area contributed by atoms with Crippen molar-refractivity contribution in [3.8, 4) is 5.69 Å². The van der Waals surface area contributed by atoms with Gasteiger partial charge in [-0.25, -0.2) is 9.18 Å². The lowest BCUT2D eigenvalue weighted by atomic mass is 10.1. The number of para-hydroxylation sites is 1. The van der Waals surface area contributed by atoms with Crippen molar-refractivity contribution in [3.63, 3.8) is 0 Å². The maximum Gasteiger partial charge on any atom is 0.341 e. The van der Waals surface area contributed by atoms with Crippen LogP contribution in [0.4, 0.5) is 15.8 Å². The molecule has 1 aromatic heterocycles. The first-order valence-electron chi connectivity index (χ1n) is 14.2. The van der Waals surface area contributed by atoms with E-state index in [1.165, 1.54) is 19.0 Å². The number of rotatable bonds is 7. The number of carbonyl (C=O) groups excluding carboxylic acids is 1. The van der Waals surface area contributed by atoms with E-state index in [9.17, 15) is 19.5 Å². The van der Waals surface area contributed by atoms with E-state index in [2.05, 4.69) is 4.90 Å². The van der Waals surface area contributed by atoms with Crippen LogP contribution in [-0.2, 0) is 6.54 Å². The highest BCUT2D eigenvalue weighted by atomic mass is 35.5. The maximum atomic E-state index is 15.7. The Morgan fingerprint density at radius 2 is 1.56 bits per heavy atom. The molecule has 0 atom stereocenters. The first-order valence-corrected chi connectivity index (χ1v) is 14.6. The van der Waals surface area contributed by atoms with Gasteiger partial charge in [-0.15, -0.1) is 0 Å². The number of primary amides is 1. The van der Waals surface area contributed by atoms with Crippen molar-refractivity contribution in [3.05, 3.63) is 98.5 Å². The molecule has 11 heteroatoms. The van der Waals surface area contributed by atoms with Gasteiger partial charge >= 0.3 is 5.97 Å². The number of hydrogen-bond donors (Lipinski definition) is 2. The quantitative estimate of drug-likeness (QED) is 0.320. The van der Waals surface area contributed by atoms with Gasteiger partial charge in [0.25, 0.3) is 5.91 Å². The van der Waals surface area contributed by atoms with Gasteiger partial charge in [-0.1, -0.05) is 35.9 Å². The zero-order valence-electron chi connectivity index (χ0n) is 23.4. The molecule has 3 N–H and O–H groups in total. The SMILES string of the molecule is NC(=O)c1ccccc1N1CCN(c2c(F)cc3c(=O)c(C(=O)O)cn(-c4ccc(CN5CCCC5)cc4)c3c2Cl)CC1. The van der Waals surface area contributed by atoms with Crippen molar-refractivity contribution in [2.75, 3.05) is 49.1 Å². The summed E-state index contributed by atoms with van der Waals surface area (Å²) in [6, 6.07) is 15.8. The molecule has 0 aliphatic carbocycles. The van der Waals surface area contributed by atoms with E-state index in [1.54, 1.807) is 21.6 Å². The number of piperazine rings is 1. The van der Waals surface area contributed by atoms with Crippen molar-refractivity contribution < 1.29 is 19.1 Å². The molecular formula is C32H31ClFN5O4. The van der Waals surface area contributed by atoms with Gasteiger partial charge in [-0.2, -0.15) is 0 Å². The molecule has 9 nitrogen and oxygen atoms in total. The molecule has 222 valence electrons. The Balaban J connectivity index is 1.38. The van der Waals surface area contributed by atoms with Crippen LogP contribution in [0.3, 0.4) is 0 Å². The van der Waals surface area contributed by atoms with Crippen molar-refractivity contribution in [1.82, 2.24) is 9.47 Å². The Labute approximate surface area is 252 Å². The number of aromatic carboxylic acids is 1. The third-order valence-electron chi connectivity index (χ3n) is 8.31. The van der Waals surface area contributed by atoms with Gasteiger partial charge in [-0.05, 0) is 61.8 Å². The van der Waals surface area contributed by atoms with E-state index in [1.807, 2.05) is 41.3 Å². The monoisotopic (exact) mass is 603 g/mol. The number of nitrogens with two attached hydrogens (primary N) is 1. The Bertz CT molecular complexity index is 1780. The number of benzene rings is 3. The van der Waals surface area contributed by atoms with E-state index >= 15 is 4.39 Å². The van der Waals surface area contributed by atoms with Gasteiger partial charge < -0.3 is 25.2 Å². The van der Waals surface area contributed by atoms with Crippen LogP contribution in [0.25, 0.3) is 16.6 Å². The minimum atomic E-state index is -1.40. The van der Waals surface area contributed by atoms with Crippen molar-refractivity contribution >= 4 is 45.8 Å². The normalized spacial score (nSPS) is 15.8. The van der Waals surface area contributed by atoms with Gasteiger partial charge in [0.1, 0.15) is 11.4 Å². The zero-order chi connectivity index (χ0) is 30.2. The number of pyridine rings is 1. The van der Waals surface area contributed by atoms with Gasteiger partial charge in [0.05, 0.1) is 27.2 Å². The number of fused-ring (bicyclic) bond motifs is 1. The highest BCUT2D eigenvalue weighted by molar-refractivity contribution is 6.38. The van der Waals surface area contributed by atoms with Gasteiger partial charge in [0.15, 0.2) is 0 Å². The first-order chi connectivity index (χ1) is 20.7. The highest BCUT2D eigenvalue weighted by Crippen LogP contribution is 2.37. The number of hydrogen-bond acceptors (Lipinski definition) is 6. The Morgan fingerprint density at radius 3 is 2.21 bits per heavy atom. The Morgan fingerprint density at radius 1 is 0.907 bits per heavy atom. The molecule has 2 aliphatic rings. The Kier molecular flexibility index (Phi) is 7.81. The van der Waals surface area contributed by atoms with Crippen LogP contribution in [0, 0.1) is 5.82 Å². The highest BCUT2D eigenvalue weighted by Gasteiger charge is 2.28. The summed E-state index contributed by atoms with van der Waals surface area (Å²) in [5.74, 6) is -2.64. The average Bonchev–Trinajstić information content (AvgIpc) is 3.51. The predicted octanol–water partition coefficient (Wildman–Crippen LogP) is 4.50. The average molecular weight is 604 g/mol. The molecule has 6 rings (SSSR count). The largest absolute Gasteiger partial charge is 0.477 e. The summed E-state index contributed by atoms with van der Waals surface area (Å²) in [5, 5.41) is 9.70. The number of likely N-dealkylation sites (tertiary alicyclic amines) is 1. The molecule has 0 saturated carbocycles. The molecule has 1 amide bonds. The number of anilines is 2. The fourth-order valence-electron chi connectivity index (χ4n) is 6.14. The second kappa shape index (κ2) is 11.7. The van der Waals surface area contributed by atoms with Gasteiger partial charge in [0.2, 0.25) is 5.43 Å². The summed E-state index contributed by atoms with van der Waals surface area (Å²) in [5.41, 5.74) is 7.51. The fraction of sp³-hybridized carbons (Fsp3) is 0.281. The summed E-state index contributed by atoms with van der Waals surface area (Å²) >= 11 is 6.93. The molecule has 0 bridgehead atoms. The van der Waals surface area contributed by atoms with Crippen LogP contribution in [-0.4, -0.2) is 65.7 Å². The standard InChI is InChI=1S/C32H31ClFN5O4/c33-27-28-23(17-25(34)29(27)38-15-13-37(14-16-38)26-6-2-1-5-22(26)31(35)41)30(40)24(32(42)43)19-39(28)21-9-7-20(8-10-21)18-36-11-3-4-12-36/h1-2,5-10,17,19H,3-4,11-16,18H2,(H2,35,41)(H,42,43). The summed E-state index contributed by atoms with van der Waals surface area (Å²) in [4.78, 5) is 43.4. The number of carboxylic acids is 1. The summed E-state index contributed by atoms with van der Waals surface area (Å²) < 4.78 is 17.3. The van der Waals surface area contributed by atoms with E-state index in [0.717, 1.165) is 31.3 Å². The zero-order valence-corrected chi connectivity index (χ0v) is 24.2. The number of nitrogens with zero attached hydrogens (tertiary/aromatic N) is 4. The number of carbonyl (C=O) groups is 2. The van der Waals surface area contributed by atoms with Crippen LogP contribution >= 0.6 is 11.6 Å². The smallest absolute Gasteiger partial charge is 0.341 e. The van der Waals surface area contributed by atoms with Crippen LogP contribution in [0.15, 0.2) is 65.6 Å². The van der Waals surface area contributed by atoms with E-state index in [0.29, 0.717) is 43.1 Å². The molecule has 3 heterocycles. The summed E-state index contributed by atoms with van der Waals surface area (Å²) in [6.45, 7) is 4.66. The van der Waals surface area contributed by atoms with Crippen molar-refractivity contribution in [2.45, 2.75) is 19.4 Å². The minimum absolute atomic E-state index is 0.0242. The van der Waals surface area contributed by atoms with Gasteiger partial charge in [0, 0.05) is 50.3 Å². The number of amides is 1. The number of aromatic nitrogens is 1. The second-order valence-electron chi connectivity index (χ2n) is 11.0. The van der Waals surface area contributed by atoms with E-state index < -0.39 is 28.7 Å². The molecule has 2 saturated heterocycles. The molecule has 0 spiro atoms. The summed E-state index contributed by atoms with van der Waals surface area (Å²) in [6.07, 6.45) is 3.63. The van der Waals surface area contributed by atoms with Gasteiger partial charge in [-0.3, -0.25) is 14.5 Å². The van der Waals surface area contributed by atoms with Crippen LogP contribution < -0.4 is 21.0 Å². The van der Waals surface area contributed by atoms with Crippen molar-refractivity contribution in [1.29, 1.82) is 0 Å². The van der Waals surface area contributed by atoms with Crippen LogP contribution in [0.2, 0.25) is 5.02 Å². The minimum Gasteiger partial charge on any atom is -0.477 e. The molecule has 2 aliphatic heterocycles. The van der Waals surface area contributed by atoms with Crippen LogP contribution in [0.5, 0.6) is 0 Å². The predicted molar refractivity (Wildman–Crippen MR) is 165 cm³/mol. The first kappa shape index (κ1) is 28.7. The molecule has 0 radical (unpaired) electrons. The van der Waals surface area contributed by atoms with Crippen molar-refractivity contribution in [2.24, 2.45) is 5.73 Å². The van der Waals surface area contributed by atoms with E-state index in [4.69, 9.17) is 17.3 Å². The molecule has 3 aromatic carbocycles. The fourth-order valence-corrected chi connectivity index (χ4v) is 6.54. The number of carboxylic acid groups (broad SMARTS) is 1. The van der Waals surface area contributed by atoms with Crippen LogP contribution in [0.1, 0.15) is 39.1 Å². The second-order valence-corrected chi connectivity index (χ2v) is 11.3. The third kappa shape index (κ3) is 5.44. The molecule has 2 fully saturated rings.